The van der Waals surface area contributed by atoms with Crippen LogP contribution in [0.25, 0.3) is 0 Å². The van der Waals surface area contributed by atoms with E-state index in [1.165, 1.54) is 0 Å². The Balaban J connectivity index is 1.74. The molecule has 1 aromatic heterocycles. The first-order valence-electron chi connectivity index (χ1n) is 7.29. The third-order valence-electron chi connectivity index (χ3n) is 3.22. The molecule has 0 aliphatic heterocycles. The molecule has 2 aromatic rings. The minimum absolute atomic E-state index is 0.0848. The third-order valence-corrected chi connectivity index (χ3v) is 4.20. The maximum absolute atomic E-state index is 11.7. The second-order valence-electron chi connectivity index (χ2n) is 5.27. The minimum Gasteiger partial charge on any atom is -0.385 e. The summed E-state index contributed by atoms with van der Waals surface area (Å²) in [6.07, 6.45) is 0. The first-order valence-corrected chi connectivity index (χ1v) is 8.17. The van der Waals surface area contributed by atoms with E-state index in [1.807, 2.05) is 67.7 Å². The summed E-state index contributed by atoms with van der Waals surface area (Å²) in [6.45, 7) is 2.25. The molecule has 1 amide bonds. The predicted octanol–water partition coefficient (Wildman–Crippen LogP) is 2.87. The Kier molecular flexibility index (Phi) is 6.17. The van der Waals surface area contributed by atoms with Crippen molar-refractivity contribution in [2.45, 2.75) is 13.5 Å². The van der Waals surface area contributed by atoms with E-state index >= 15 is 0 Å². The van der Waals surface area contributed by atoms with Crippen molar-refractivity contribution in [3.05, 3.63) is 52.2 Å². The predicted molar refractivity (Wildman–Crippen MR) is 95.1 cm³/mol. The summed E-state index contributed by atoms with van der Waals surface area (Å²) in [5, 5.41) is 8.74. The normalized spacial score (nSPS) is 11.2. The number of nitrogens with zero attached hydrogens (tertiary/aromatic N) is 2. The molecule has 0 spiro atoms. The lowest BCUT2D eigenvalue weighted by Crippen LogP contribution is -2.26. The summed E-state index contributed by atoms with van der Waals surface area (Å²) in [5.74, 6) is -0.190. The summed E-state index contributed by atoms with van der Waals surface area (Å²) in [4.78, 5) is 19.9. The van der Waals surface area contributed by atoms with Gasteiger partial charge >= 0.3 is 0 Å². The van der Waals surface area contributed by atoms with Crippen LogP contribution >= 0.6 is 11.3 Å². The van der Waals surface area contributed by atoms with E-state index < -0.39 is 0 Å². The van der Waals surface area contributed by atoms with Crippen LogP contribution < -0.4 is 10.2 Å². The van der Waals surface area contributed by atoms with Crippen LogP contribution in [0.5, 0.6) is 0 Å². The zero-order chi connectivity index (χ0) is 16.7. The van der Waals surface area contributed by atoms with Gasteiger partial charge in [-0.25, -0.2) is 0 Å². The standard InChI is InChI=1S/C17H21N3O2S/c1-13(16-5-4-10-23-16)19-22-12-17(21)18-11-14-6-8-15(9-7-14)20(2)3/h4-10H,11-12H2,1-3H3,(H,18,21)/b19-13-. The van der Waals surface area contributed by atoms with Gasteiger partial charge in [0.1, 0.15) is 0 Å². The molecule has 23 heavy (non-hydrogen) atoms. The van der Waals surface area contributed by atoms with Crippen molar-refractivity contribution in [2.75, 3.05) is 25.6 Å². The highest BCUT2D eigenvalue weighted by Crippen LogP contribution is 2.12. The molecule has 5 nitrogen and oxygen atoms in total. The van der Waals surface area contributed by atoms with Gasteiger partial charge in [-0.3, -0.25) is 4.79 Å². The third kappa shape index (κ3) is 5.41. The lowest BCUT2D eigenvalue weighted by Gasteiger charge is -2.12. The van der Waals surface area contributed by atoms with Crippen LogP contribution in [0.3, 0.4) is 0 Å². The number of benzene rings is 1. The van der Waals surface area contributed by atoms with Gasteiger partial charge in [0.25, 0.3) is 5.91 Å². The monoisotopic (exact) mass is 331 g/mol. The Labute approximate surface area is 140 Å². The number of anilines is 1. The van der Waals surface area contributed by atoms with E-state index in [9.17, 15) is 4.79 Å². The Morgan fingerprint density at radius 3 is 2.61 bits per heavy atom. The highest BCUT2D eigenvalue weighted by atomic mass is 32.1. The molecule has 2 rings (SSSR count). The Hall–Kier alpha value is -2.34. The fourth-order valence-electron chi connectivity index (χ4n) is 1.88. The SMILES string of the molecule is C/C(=N/OCC(=O)NCc1ccc(N(C)C)cc1)c1cccs1. The topological polar surface area (TPSA) is 53.9 Å². The molecular formula is C17H21N3O2S. The Morgan fingerprint density at radius 2 is 2.00 bits per heavy atom. The molecule has 0 radical (unpaired) electrons. The number of hydrogen-bond donors (Lipinski definition) is 1. The Bertz CT molecular complexity index is 649. The van der Waals surface area contributed by atoms with Crippen molar-refractivity contribution in [1.29, 1.82) is 0 Å². The van der Waals surface area contributed by atoms with Crippen LogP contribution in [0, 0.1) is 0 Å². The van der Waals surface area contributed by atoms with Crippen LogP contribution in [0.2, 0.25) is 0 Å². The lowest BCUT2D eigenvalue weighted by molar-refractivity contribution is -0.125. The molecule has 1 heterocycles. The molecule has 0 fully saturated rings. The molecule has 0 atom stereocenters. The maximum Gasteiger partial charge on any atom is 0.261 e. The number of rotatable bonds is 7. The molecular weight excluding hydrogens is 310 g/mol. The van der Waals surface area contributed by atoms with E-state index in [1.54, 1.807) is 11.3 Å². The van der Waals surface area contributed by atoms with Crippen molar-refractivity contribution in [1.82, 2.24) is 5.32 Å². The van der Waals surface area contributed by atoms with Crippen molar-refractivity contribution in [2.24, 2.45) is 5.16 Å². The molecule has 122 valence electrons. The molecule has 1 aromatic carbocycles. The largest absolute Gasteiger partial charge is 0.385 e. The maximum atomic E-state index is 11.7. The summed E-state index contributed by atoms with van der Waals surface area (Å²) in [6, 6.07) is 11.9. The van der Waals surface area contributed by atoms with E-state index in [4.69, 9.17) is 4.84 Å². The molecule has 0 bridgehead atoms. The van der Waals surface area contributed by atoms with Gasteiger partial charge in [-0.15, -0.1) is 11.3 Å². The van der Waals surface area contributed by atoms with Gasteiger partial charge in [0.05, 0.1) is 10.6 Å². The van der Waals surface area contributed by atoms with Gasteiger partial charge in [-0.1, -0.05) is 23.4 Å². The van der Waals surface area contributed by atoms with Gasteiger partial charge in [0.2, 0.25) is 0 Å². The zero-order valence-corrected chi connectivity index (χ0v) is 14.4. The van der Waals surface area contributed by atoms with Crippen molar-refractivity contribution in [3.8, 4) is 0 Å². The Morgan fingerprint density at radius 1 is 1.26 bits per heavy atom. The van der Waals surface area contributed by atoms with Crippen molar-refractivity contribution < 1.29 is 9.63 Å². The van der Waals surface area contributed by atoms with Crippen LogP contribution in [-0.2, 0) is 16.2 Å². The molecule has 1 N–H and O–H groups in total. The van der Waals surface area contributed by atoms with Gasteiger partial charge in [-0.2, -0.15) is 0 Å². The second-order valence-corrected chi connectivity index (χ2v) is 6.21. The van der Waals surface area contributed by atoms with Crippen LogP contribution in [0.15, 0.2) is 46.9 Å². The van der Waals surface area contributed by atoms with E-state index in [-0.39, 0.29) is 12.5 Å². The fraction of sp³-hybridized carbons (Fsp3) is 0.294. The van der Waals surface area contributed by atoms with E-state index in [2.05, 4.69) is 10.5 Å². The summed E-state index contributed by atoms with van der Waals surface area (Å²) in [5.41, 5.74) is 2.94. The van der Waals surface area contributed by atoms with Crippen LogP contribution in [0.4, 0.5) is 5.69 Å². The quantitative estimate of drug-likeness (QED) is 0.627. The average molecular weight is 331 g/mol. The molecule has 0 saturated heterocycles. The minimum atomic E-state index is -0.190. The summed E-state index contributed by atoms with van der Waals surface area (Å²) >= 11 is 1.59. The van der Waals surface area contributed by atoms with Crippen molar-refractivity contribution >= 4 is 28.6 Å². The number of nitrogens with one attached hydrogen (secondary N) is 1. The summed E-state index contributed by atoms with van der Waals surface area (Å²) in [7, 11) is 3.99. The first kappa shape index (κ1) is 17.0. The smallest absolute Gasteiger partial charge is 0.261 e. The molecule has 0 aliphatic rings. The second kappa shape index (κ2) is 8.33. The molecule has 0 unspecified atom stereocenters. The average Bonchev–Trinajstić information content (AvgIpc) is 3.07. The van der Waals surface area contributed by atoms with Crippen LogP contribution in [-0.4, -0.2) is 32.3 Å². The van der Waals surface area contributed by atoms with Crippen molar-refractivity contribution in [3.63, 3.8) is 0 Å². The summed E-state index contributed by atoms with van der Waals surface area (Å²) < 4.78 is 0. The number of oxime groups is 1. The van der Waals surface area contributed by atoms with E-state index in [0.29, 0.717) is 6.54 Å². The fourth-order valence-corrected chi connectivity index (χ4v) is 2.55. The number of amides is 1. The van der Waals surface area contributed by atoms with Crippen LogP contribution in [0.1, 0.15) is 17.4 Å². The van der Waals surface area contributed by atoms with Gasteiger partial charge < -0.3 is 15.1 Å². The molecule has 6 heteroatoms. The highest BCUT2D eigenvalue weighted by molar-refractivity contribution is 7.12. The number of carbonyl (C=O) groups is 1. The lowest BCUT2D eigenvalue weighted by atomic mass is 10.2. The van der Waals surface area contributed by atoms with Gasteiger partial charge in [0.15, 0.2) is 6.61 Å². The number of hydrogen-bond acceptors (Lipinski definition) is 5. The first-order chi connectivity index (χ1) is 11.1. The van der Waals surface area contributed by atoms with E-state index in [0.717, 1.165) is 21.8 Å². The van der Waals surface area contributed by atoms with Gasteiger partial charge in [0, 0.05) is 26.3 Å². The van der Waals surface area contributed by atoms with Gasteiger partial charge in [-0.05, 0) is 36.1 Å². The molecule has 0 saturated carbocycles. The number of thiophene rings is 1. The number of carbonyl (C=O) groups excluding carboxylic acids is 1. The molecule has 0 aliphatic carbocycles. The zero-order valence-electron chi connectivity index (χ0n) is 13.6. The highest BCUT2D eigenvalue weighted by Gasteiger charge is 2.03.